The molecule has 0 radical (unpaired) electrons. The molecule has 0 aromatic carbocycles. The van der Waals surface area contributed by atoms with Crippen molar-refractivity contribution >= 4 is 29.4 Å². The van der Waals surface area contributed by atoms with Gasteiger partial charge in [-0.25, -0.2) is 9.78 Å². The highest BCUT2D eigenvalue weighted by Crippen LogP contribution is 2.44. The number of carbonyl (C=O) groups is 3. The van der Waals surface area contributed by atoms with E-state index in [-0.39, 0.29) is 29.2 Å². The Bertz CT molecular complexity index is 990. The van der Waals surface area contributed by atoms with Crippen LogP contribution in [0.2, 0.25) is 0 Å². The van der Waals surface area contributed by atoms with Gasteiger partial charge in [0.15, 0.2) is 0 Å². The average Bonchev–Trinajstić information content (AvgIpc) is 3.07. The zero-order valence-electron chi connectivity index (χ0n) is 22.3. The molecule has 1 saturated heterocycles. The molecule has 9 nitrogen and oxygen atoms in total. The average molecular weight is 500 g/mol. The third-order valence-electron chi connectivity index (χ3n) is 7.85. The van der Waals surface area contributed by atoms with Crippen LogP contribution >= 0.6 is 0 Å². The smallest absolute Gasteiger partial charge is 0.317 e. The quantitative estimate of drug-likeness (QED) is 0.569. The van der Waals surface area contributed by atoms with Crippen LogP contribution in [0.5, 0.6) is 0 Å². The number of nitrogens with zero attached hydrogens (tertiary/aromatic N) is 2. The summed E-state index contributed by atoms with van der Waals surface area (Å²) >= 11 is 0. The van der Waals surface area contributed by atoms with Gasteiger partial charge >= 0.3 is 6.03 Å². The lowest BCUT2D eigenvalue weighted by atomic mass is 9.76. The van der Waals surface area contributed by atoms with Crippen LogP contribution in [0, 0.1) is 17.3 Å². The van der Waals surface area contributed by atoms with Crippen LogP contribution in [0.4, 0.5) is 16.3 Å². The molecule has 3 aliphatic rings. The molecule has 4 amide bonds. The molecule has 1 spiro atoms. The Morgan fingerprint density at radius 1 is 1.22 bits per heavy atom. The van der Waals surface area contributed by atoms with Crippen molar-refractivity contribution < 1.29 is 19.1 Å². The van der Waals surface area contributed by atoms with Gasteiger partial charge in [0.1, 0.15) is 11.9 Å². The van der Waals surface area contributed by atoms with Crippen LogP contribution in [-0.4, -0.2) is 60.6 Å². The molecular formula is C27H41N5O4. The maximum atomic E-state index is 13.5. The number of anilines is 2. The summed E-state index contributed by atoms with van der Waals surface area (Å²) in [4.78, 5) is 45.5. The van der Waals surface area contributed by atoms with Crippen LogP contribution in [0.3, 0.4) is 0 Å². The van der Waals surface area contributed by atoms with Crippen LogP contribution in [-0.2, 0) is 19.7 Å². The van der Waals surface area contributed by atoms with E-state index in [9.17, 15) is 14.4 Å². The molecule has 1 unspecified atom stereocenters. The van der Waals surface area contributed by atoms with E-state index in [2.05, 4.69) is 48.6 Å². The van der Waals surface area contributed by atoms with Crippen molar-refractivity contribution in [3.8, 4) is 0 Å². The number of rotatable bonds is 5. The zero-order chi connectivity index (χ0) is 26.1. The fraction of sp³-hybridized carbons (Fsp3) is 0.704. The first kappa shape index (κ1) is 26.4. The van der Waals surface area contributed by atoms with Gasteiger partial charge < -0.3 is 25.6 Å². The summed E-state index contributed by atoms with van der Waals surface area (Å²) in [7, 11) is 1.76. The SMILES string of the molecule is CC1CCC(C(NC(=O)N(C)CC(C)(C)C)C(=O)Nc2cc3c(cn2)C2(CCOCC2)C(=O)N3)CC1. The van der Waals surface area contributed by atoms with Crippen LogP contribution in [0.15, 0.2) is 12.3 Å². The lowest BCUT2D eigenvalue weighted by molar-refractivity contribution is -0.124. The number of carbonyl (C=O) groups excluding carboxylic acids is 3. The molecule has 1 saturated carbocycles. The van der Waals surface area contributed by atoms with Gasteiger partial charge in [0.05, 0.1) is 11.1 Å². The van der Waals surface area contributed by atoms with Crippen molar-refractivity contribution in [2.24, 2.45) is 17.3 Å². The van der Waals surface area contributed by atoms with Gasteiger partial charge in [0.25, 0.3) is 0 Å². The Labute approximate surface area is 214 Å². The van der Waals surface area contributed by atoms with Gasteiger partial charge in [-0.1, -0.05) is 40.5 Å². The van der Waals surface area contributed by atoms with Crippen molar-refractivity contribution in [1.82, 2.24) is 15.2 Å². The van der Waals surface area contributed by atoms with E-state index in [1.807, 2.05) is 0 Å². The first-order valence-corrected chi connectivity index (χ1v) is 13.2. The summed E-state index contributed by atoms with van der Waals surface area (Å²) in [5.74, 6) is 0.755. The summed E-state index contributed by atoms with van der Waals surface area (Å²) in [5.41, 5.74) is 0.897. The van der Waals surface area contributed by atoms with Gasteiger partial charge in [-0.15, -0.1) is 0 Å². The predicted molar refractivity (Wildman–Crippen MR) is 139 cm³/mol. The molecule has 1 aliphatic carbocycles. The second-order valence-electron chi connectivity index (χ2n) is 12.1. The summed E-state index contributed by atoms with van der Waals surface area (Å²) < 4.78 is 5.47. The largest absolute Gasteiger partial charge is 0.381 e. The van der Waals surface area contributed by atoms with Crippen LogP contribution in [0.25, 0.3) is 0 Å². The fourth-order valence-corrected chi connectivity index (χ4v) is 5.84. The molecule has 2 fully saturated rings. The molecule has 9 heteroatoms. The third-order valence-corrected chi connectivity index (χ3v) is 7.85. The standard InChI is InChI=1S/C27H41N5O4/c1-17-6-8-18(9-7-17)22(31-25(35)32(5)16-26(2,3)4)23(33)30-21-14-20-19(15-28-21)27(24(34)29-20)10-12-36-13-11-27/h14-15,17-18,22H,6-13,16H2,1-5H3,(H,29,34)(H,31,35)(H,28,30,33). The van der Waals surface area contributed by atoms with E-state index in [1.54, 1.807) is 24.2 Å². The summed E-state index contributed by atoms with van der Waals surface area (Å²) in [6.45, 7) is 10.1. The summed E-state index contributed by atoms with van der Waals surface area (Å²) in [6, 6.07) is 0.821. The molecular weight excluding hydrogens is 458 g/mol. The lowest BCUT2D eigenvalue weighted by Crippen LogP contribution is -2.53. The number of hydrogen-bond donors (Lipinski definition) is 3. The molecule has 36 heavy (non-hydrogen) atoms. The maximum absolute atomic E-state index is 13.5. The Balaban J connectivity index is 1.50. The zero-order valence-corrected chi connectivity index (χ0v) is 22.3. The summed E-state index contributed by atoms with van der Waals surface area (Å²) in [6.07, 6.45) is 6.79. The minimum absolute atomic E-state index is 0.0329. The number of pyridine rings is 1. The highest BCUT2D eigenvalue weighted by molar-refractivity contribution is 6.07. The molecule has 1 atom stereocenters. The molecule has 3 N–H and O–H groups in total. The molecule has 198 valence electrons. The molecule has 3 heterocycles. The molecule has 2 aliphatic heterocycles. The van der Waals surface area contributed by atoms with Gasteiger partial charge in [-0.2, -0.15) is 0 Å². The Kier molecular flexibility index (Phi) is 7.59. The topological polar surface area (TPSA) is 113 Å². The van der Waals surface area contributed by atoms with E-state index in [0.29, 0.717) is 50.0 Å². The van der Waals surface area contributed by atoms with Crippen LogP contribution in [0.1, 0.15) is 71.8 Å². The third kappa shape index (κ3) is 5.66. The molecule has 0 bridgehead atoms. The van der Waals surface area contributed by atoms with E-state index >= 15 is 0 Å². The molecule has 1 aromatic rings. The van der Waals surface area contributed by atoms with Crippen molar-refractivity contribution in [1.29, 1.82) is 0 Å². The highest BCUT2D eigenvalue weighted by Gasteiger charge is 2.48. The minimum Gasteiger partial charge on any atom is -0.381 e. The number of fused-ring (bicyclic) bond motifs is 2. The van der Waals surface area contributed by atoms with Gasteiger partial charge in [-0.05, 0) is 42.9 Å². The Morgan fingerprint density at radius 3 is 2.53 bits per heavy atom. The lowest BCUT2D eigenvalue weighted by Gasteiger charge is -2.34. The van der Waals surface area contributed by atoms with Gasteiger partial charge in [0, 0.05) is 44.6 Å². The van der Waals surface area contributed by atoms with Gasteiger partial charge in [0.2, 0.25) is 11.8 Å². The van der Waals surface area contributed by atoms with E-state index in [0.717, 1.165) is 31.2 Å². The van der Waals surface area contributed by atoms with E-state index < -0.39 is 11.5 Å². The first-order chi connectivity index (χ1) is 17.0. The number of nitrogens with one attached hydrogen (secondary N) is 3. The Hall–Kier alpha value is -2.68. The van der Waals surface area contributed by atoms with E-state index in [4.69, 9.17) is 4.74 Å². The number of aromatic nitrogens is 1. The minimum atomic E-state index is -0.654. The molecule has 4 rings (SSSR count). The maximum Gasteiger partial charge on any atom is 0.317 e. The Morgan fingerprint density at radius 2 is 1.89 bits per heavy atom. The number of amides is 4. The summed E-state index contributed by atoms with van der Waals surface area (Å²) in [5, 5.41) is 8.91. The highest BCUT2D eigenvalue weighted by atomic mass is 16.5. The normalized spacial score (nSPS) is 24.0. The first-order valence-electron chi connectivity index (χ1n) is 13.2. The van der Waals surface area contributed by atoms with Crippen molar-refractivity contribution in [2.75, 3.05) is 37.4 Å². The van der Waals surface area contributed by atoms with Gasteiger partial charge in [-0.3, -0.25) is 9.59 Å². The second-order valence-corrected chi connectivity index (χ2v) is 12.1. The van der Waals surface area contributed by atoms with Crippen molar-refractivity contribution in [3.63, 3.8) is 0 Å². The number of urea groups is 1. The van der Waals surface area contributed by atoms with E-state index in [1.165, 1.54) is 0 Å². The number of ether oxygens (including phenoxy) is 1. The monoisotopic (exact) mass is 499 g/mol. The fourth-order valence-electron chi connectivity index (χ4n) is 5.84. The number of hydrogen-bond acceptors (Lipinski definition) is 5. The van der Waals surface area contributed by atoms with Crippen molar-refractivity contribution in [2.45, 2.75) is 77.7 Å². The predicted octanol–water partition coefficient (Wildman–Crippen LogP) is 3.90. The van der Waals surface area contributed by atoms with Crippen LogP contribution < -0.4 is 16.0 Å². The second kappa shape index (κ2) is 10.4. The van der Waals surface area contributed by atoms with Crippen molar-refractivity contribution in [3.05, 3.63) is 17.8 Å². The molecule has 1 aromatic heterocycles.